The highest BCUT2D eigenvalue weighted by atomic mass is 35.5. The van der Waals surface area contributed by atoms with Gasteiger partial charge >= 0.3 is 0 Å². The molecule has 2 aromatic rings. The second kappa shape index (κ2) is 10.4. The molecule has 4 saturated heterocycles. The number of benzene rings is 2. The van der Waals surface area contributed by atoms with E-state index in [1.807, 2.05) is 35.2 Å². The minimum Gasteiger partial charge on any atom is -0.371 e. The number of amides is 1. The molecule has 4 aliphatic heterocycles. The zero-order valence-electron chi connectivity index (χ0n) is 22.2. The van der Waals surface area contributed by atoms with E-state index >= 15 is 0 Å². The predicted molar refractivity (Wildman–Crippen MR) is 152 cm³/mol. The molecule has 0 aromatic heterocycles. The Kier molecular flexibility index (Phi) is 6.98. The van der Waals surface area contributed by atoms with Crippen molar-refractivity contribution >= 4 is 28.9 Å². The molecule has 0 radical (unpaired) electrons. The van der Waals surface area contributed by atoms with E-state index < -0.39 is 0 Å². The highest BCUT2D eigenvalue weighted by molar-refractivity contribution is 6.32. The summed E-state index contributed by atoms with van der Waals surface area (Å²) in [7, 11) is 0. The zero-order chi connectivity index (χ0) is 26.3. The van der Waals surface area contributed by atoms with Crippen LogP contribution < -0.4 is 15.1 Å². The highest BCUT2D eigenvalue weighted by Crippen LogP contribution is 2.46. The Balaban J connectivity index is 1.03. The number of halogens is 1. The molecule has 1 atom stereocenters. The van der Waals surface area contributed by atoms with E-state index in [9.17, 15) is 10.1 Å². The Labute approximate surface area is 230 Å². The number of anilines is 2. The third-order valence-corrected chi connectivity index (χ3v) is 9.60. The predicted octanol–water partition coefficient (Wildman–Crippen LogP) is 3.83. The van der Waals surface area contributed by atoms with Gasteiger partial charge in [-0.05, 0) is 74.1 Å². The molecule has 0 aliphatic carbocycles. The molecule has 0 bridgehead atoms. The van der Waals surface area contributed by atoms with Crippen LogP contribution in [0.5, 0.6) is 0 Å². The van der Waals surface area contributed by atoms with Crippen molar-refractivity contribution in [2.45, 2.75) is 38.3 Å². The number of hydrogen-bond acceptors (Lipinski definition) is 6. The first kappa shape index (κ1) is 25.5. The van der Waals surface area contributed by atoms with Gasteiger partial charge in [0.05, 0.1) is 10.6 Å². The van der Waals surface area contributed by atoms with Gasteiger partial charge in [0.25, 0.3) is 5.91 Å². The third kappa shape index (κ3) is 4.86. The number of nitrogens with one attached hydrogen (secondary N) is 1. The van der Waals surface area contributed by atoms with E-state index in [0.717, 1.165) is 83.0 Å². The topological polar surface area (TPSA) is 65.9 Å². The average Bonchev–Trinajstić information content (AvgIpc) is 3.24. The van der Waals surface area contributed by atoms with Gasteiger partial charge in [0.1, 0.15) is 6.07 Å². The number of likely N-dealkylation sites (tertiary alicyclic amines) is 1. The van der Waals surface area contributed by atoms with Crippen LogP contribution >= 0.6 is 11.6 Å². The molecule has 8 heteroatoms. The van der Waals surface area contributed by atoms with Gasteiger partial charge in [0.15, 0.2) is 0 Å². The lowest BCUT2D eigenvalue weighted by atomic mass is 9.76. The minimum atomic E-state index is 0.156. The zero-order valence-corrected chi connectivity index (χ0v) is 23.0. The lowest BCUT2D eigenvalue weighted by Gasteiger charge is -2.46. The summed E-state index contributed by atoms with van der Waals surface area (Å²) in [4.78, 5) is 22.4. The second-order valence-corrected chi connectivity index (χ2v) is 12.0. The number of piperidine rings is 1. The summed E-state index contributed by atoms with van der Waals surface area (Å²) in [6.45, 7) is 11.3. The molecule has 6 rings (SSSR count). The number of rotatable bonds is 4. The van der Waals surface area contributed by atoms with E-state index in [1.54, 1.807) is 0 Å². The fourth-order valence-electron chi connectivity index (χ4n) is 6.94. The van der Waals surface area contributed by atoms with Crippen LogP contribution in [0.3, 0.4) is 0 Å². The summed E-state index contributed by atoms with van der Waals surface area (Å²) in [5.74, 6) is 0.156. The summed E-state index contributed by atoms with van der Waals surface area (Å²) < 4.78 is 0. The van der Waals surface area contributed by atoms with Crippen molar-refractivity contribution in [2.24, 2.45) is 5.41 Å². The fraction of sp³-hybridized carbons (Fsp3) is 0.533. The van der Waals surface area contributed by atoms with Crippen LogP contribution in [0, 0.1) is 16.7 Å². The molecule has 200 valence electrons. The van der Waals surface area contributed by atoms with Crippen molar-refractivity contribution in [2.75, 3.05) is 68.7 Å². The van der Waals surface area contributed by atoms with Gasteiger partial charge in [0, 0.05) is 87.9 Å². The summed E-state index contributed by atoms with van der Waals surface area (Å²) in [6.07, 6.45) is 3.48. The molecule has 0 saturated carbocycles. The Bertz CT molecular complexity index is 1210. The molecule has 2 aromatic carbocycles. The van der Waals surface area contributed by atoms with Gasteiger partial charge in [0.2, 0.25) is 0 Å². The molecule has 1 amide bonds. The average molecular weight is 533 g/mol. The van der Waals surface area contributed by atoms with Gasteiger partial charge in [-0.25, -0.2) is 0 Å². The van der Waals surface area contributed by atoms with Crippen molar-refractivity contribution in [1.82, 2.24) is 15.1 Å². The van der Waals surface area contributed by atoms with E-state index in [4.69, 9.17) is 11.6 Å². The van der Waals surface area contributed by atoms with Crippen LogP contribution in [0.15, 0.2) is 42.5 Å². The summed E-state index contributed by atoms with van der Waals surface area (Å²) >= 11 is 6.33. The number of hydrogen-bond donors (Lipinski definition) is 1. The van der Waals surface area contributed by atoms with Crippen LogP contribution in [0.4, 0.5) is 11.4 Å². The van der Waals surface area contributed by atoms with Gasteiger partial charge in [-0.15, -0.1) is 0 Å². The lowest BCUT2D eigenvalue weighted by Crippen LogP contribution is -2.63. The van der Waals surface area contributed by atoms with Crippen molar-refractivity contribution in [3.05, 3.63) is 58.6 Å². The Morgan fingerprint density at radius 1 is 1.03 bits per heavy atom. The molecule has 1 spiro atoms. The van der Waals surface area contributed by atoms with Crippen molar-refractivity contribution in [3.8, 4) is 6.07 Å². The Hall–Kier alpha value is -2.79. The number of nitriles is 1. The number of carbonyl (C=O) groups is 1. The molecular weight excluding hydrogens is 496 g/mol. The SMILES string of the molecule is C[C@H]1CC2(CCN(c3ccc(C(=O)N4CC(N5CCNCC5)C4)cc3)CC2)CN1c1ccc(C#N)c(Cl)c1. The standard InChI is InChI=1S/C30H37ClN6O/c1-22-17-30(21-37(22)26-7-4-24(18-32)28(31)16-26)8-12-34(13-9-30)25-5-2-23(3-6-25)29(38)36-19-27(20-36)35-14-10-33-11-15-35/h2-7,16,22,27,33H,8-15,17,19-21H2,1H3/t22-/m0/s1. The first-order chi connectivity index (χ1) is 18.4. The van der Waals surface area contributed by atoms with Crippen LogP contribution in [-0.4, -0.2) is 86.7 Å². The third-order valence-electron chi connectivity index (χ3n) is 9.29. The monoisotopic (exact) mass is 532 g/mol. The van der Waals surface area contributed by atoms with Crippen molar-refractivity contribution in [1.29, 1.82) is 5.26 Å². The van der Waals surface area contributed by atoms with Crippen molar-refractivity contribution in [3.63, 3.8) is 0 Å². The number of nitrogens with zero attached hydrogens (tertiary/aromatic N) is 5. The lowest BCUT2D eigenvalue weighted by molar-refractivity contribution is 0.0227. The molecule has 38 heavy (non-hydrogen) atoms. The molecule has 4 aliphatic rings. The van der Waals surface area contributed by atoms with Crippen LogP contribution in [0.2, 0.25) is 5.02 Å². The maximum atomic E-state index is 13.0. The fourth-order valence-corrected chi connectivity index (χ4v) is 7.15. The van der Waals surface area contributed by atoms with E-state index in [2.05, 4.69) is 45.1 Å². The van der Waals surface area contributed by atoms with Gasteiger partial charge in [-0.1, -0.05) is 11.6 Å². The molecule has 7 nitrogen and oxygen atoms in total. The normalized spacial score (nSPS) is 23.9. The first-order valence-electron chi connectivity index (χ1n) is 14.0. The van der Waals surface area contributed by atoms with Crippen LogP contribution in [0.1, 0.15) is 42.1 Å². The maximum absolute atomic E-state index is 13.0. The largest absolute Gasteiger partial charge is 0.371 e. The van der Waals surface area contributed by atoms with E-state index in [-0.39, 0.29) is 5.91 Å². The van der Waals surface area contributed by atoms with E-state index in [1.165, 1.54) is 12.1 Å². The summed E-state index contributed by atoms with van der Waals surface area (Å²) in [6, 6.07) is 17.2. The molecular formula is C30H37ClN6O. The molecule has 1 N–H and O–H groups in total. The molecule has 0 unspecified atom stereocenters. The van der Waals surface area contributed by atoms with Crippen molar-refractivity contribution < 1.29 is 4.79 Å². The number of carbonyl (C=O) groups excluding carboxylic acids is 1. The molecule has 4 heterocycles. The quantitative estimate of drug-likeness (QED) is 0.645. The second-order valence-electron chi connectivity index (χ2n) is 11.6. The van der Waals surface area contributed by atoms with Gasteiger partial charge in [-0.2, -0.15) is 5.26 Å². The van der Waals surface area contributed by atoms with Gasteiger partial charge < -0.3 is 20.0 Å². The summed E-state index contributed by atoms with van der Waals surface area (Å²) in [5.41, 5.74) is 3.96. The first-order valence-corrected chi connectivity index (χ1v) is 14.4. The maximum Gasteiger partial charge on any atom is 0.253 e. The molecule has 4 fully saturated rings. The minimum absolute atomic E-state index is 0.156. The summed E-state index contributed by atoms with van der Waals surface area (Å²) in [5, 5.41) is 13.1. The smallest absolute Gasteiger partial charge is 0.253 e. The van der Waals surface area contributed by atoms with Gasteiger partial charge in [-0.3, -0.25) is 9.69 Å². The Morgan fingerprint density at radius 2 is 1.71 bits per heavy atom. The highest BCUT2D eigenvalue weighted by Gasteiger charge is 2.44. The number of piperazine rings is 1. The Morgan fingerprint density at radius 3 is 2.37 bits per heavy atom. The van der Waals surface area contributed by atoms with E-state index in [0.29, 0.717) is 28.1 Å². The van der Waals surface area contributed by atoms with Crippen LogP contribution in [-0.2, 0) is 0 Å². The van der Waals surface area contributed by atoms with Crippen LogP contribution in [0.25, 0.3) is 0 Å².